The van der Waals surface area contributed by atoms with Gasteiger partial charge in [-0.15, -0.1) is 22.9 Å². The number of thiazole rings is 1. The number of aromatic nitrogens is 3. The molecule has 2 aromatic heterocycles. The number of hydrogen-bond donors (Lipinski definition) is 0. The van der Waals surface area contributed by atoms with Crippen molar-refractivity contribution in [2.75, 3.05) is 5.88 Å². The van der Waals surface area contributed by atoms with Gasteiger partial charge in [0, 0.05) is 23.9 Å². The predicted molar refractivity (Wildman–Crippen MR) is 89.7 cm³/mol. The van der Waals surface area contributed by atoms with E-state index in [2.05, 4.69) is 23.4 Å². The van der Waals surface area contributed by atoms with Crippen molar-refractivity contribution in [3.63, 3.8) is 0 Å². The fraction of sp³-hybridized carbons (Fsp3) is 0.333. The SMILES string of the molecule is CC(C)(c1nccs1)n1c(CCCl)nc2c(Cl)cccc21. The summed E-state index contributed by atoms with van der Waals surface area (Å²) in [5.41, 5.74) is 1.54. The Labute approximate surface area is 137 Å². The Hall–Kier alpha value is -1.10. The molecule has 0 unspecified atom stereocenters. The zero-order chi connectivity index (χ0) is 15.0. The number of para-hydroxylation sites is 1. The predicted octanol–water partition coefficient (Wildman–Crippen LogP) is 4.71. The van der Waals surface area contributed by atoms with E-state index in [0.717, 1.165) is 21.9 Å². The van der Waals surface area contributed by atoms with Crippen LogP contribution in [0.2, 0.25) is 5.02 Å². The molecular formula is C15H15Cl2N3S. The van der Waals surface area contributed by atoms with Crippen LogP contribution in [-0.4, -0.2) is 20.4 Å². The molecule has 0 saturated carbocycles. The molecule has 0 atom stereocenters. The molecule has 3 rings (SSSR count). The first-order chi connectivity index (χ1) is 10.1. The first-order valence-corrected chi connectivity index (χ1v) is 8.47. The van der Waals surface area contributed by atoms with Crippen molar-refractivity contribution in [1.29, 1.82) is 0 Å². The minimum atomic E-state index is -0.297. The van der Waals surface area contributed by atoms with Gasteiger partial charge in [0.05, 0.1) is 16.1 Å². The number of benzene rings is 1. The molecule has 21 heavy (non-hydrogen) atoms. The Morgan fingerprint density at radius 1 is 1.33 bits per heavy atom. The zero-order valence-electron chi connectivity index (χ0n) is 11.8. The summed E-state index contributed by atoms with van der Waals surface area (Å²) in [6, 6.07) is 5.86. The van der Waals surface area contributed by atoms with Gasteiger partial charge in [0.15, 0.2) is 0 Å². The molecule has 6 heteroatoms. The highest BCUT2D eigenvalue weighted by atomic mass is 35.5. The van der Waals surface area contributed by atoms with E-state index >= 15 is 0 Å². The summed E-state index contributed by atoms with van der Waals surface area (Å²) in [5, 5.41) is 3.69. The highest BCUT2D eigenvalue weighted by molar-refractivity contribution is 7.09. The van der Waals surface area contributed by atoms with Crippen molar-refractivity contribution in [3.05, 3.63) is 45.6 Å². The number of fused-ring (bicyclic) bond motifs is 1. The van der Waals surface area contributed by atoms with Crippen molar-refractivity contribution in [3.8, 4) is 0 Å². The summed E-state index contributed by atoms with van der Waals surface area (Å²) in [6.45, 7) is 4.29. The highest BCUT2D eigenvalue weighted by Crippen LogP contribution is 2.34. The second-order valence-electron chi connectivity index (χ2n) is 5.31. The molecule has 0 aliphatic heterocycles. The van der Waals surface area contributed by atoms with Crippen LogP contribution in [-0.2, 0) is 12.0 Å². The Kier molecular flexibility index (Phi) is 3.95. The first-order valence-electron chi connectivity index (χ1n) is 6.68. The molecule has 110 valence electrons. The number of imidazole rings is 1. The van der Waals surface area contributed by atoms with Gasteiger partial charge >= 0.3 is 0 Å². The number of hydrogen-bond acceptors (Lipinski definition) is 3. The summed E-state index contributed by atoms with van der Waals surface area (Å²) in [7, 11) is 0. The van der Waals surface area contributed by atoms with Gasteiger partial charge < -0.3 is 4.57 Å². The second kappa shape index (κ2) is 5.59. The number of alkyl halides is 1. The van der Waals surface area contributed by atoms with Crippen LogP contribution in [0.4, 0.5) is 0 Å². The molecule has 0 fully saturated rings. The van der Waals surface area contributed by atoms with Gasteiger partial charge in [-0.3, -0.25) is 0 Å². The zero-order valence-corrected chi connectivity index (χ0v) is 14.1. The van der Waals surface area contributed by atoms with E-state index in [1.54, 1.807) is 11.3 Å². The first kappa shape index (κ1) is 14.8. The van der Waals surface area contributed by atoms with E-state index in [1.807, 2.05) is 29.8 Å². The Morgan fingerprint density at radius 2 is 2.14 bits per heavy atom. The van der Waals surface area contributed by atoms with Crippen LogP contribution in [0, 0.1) is 0 Å². The maximum absolute atomic E-state index is 6.30. The van der Waals surface area contributed by atoms with Crippen LogP contribution < -0.4 is 0 Å². The third-order valence-electron chi connectivity index (χ3n) is 3.54. The van der Waals surface area contributed by atoms with Crippen LogP contribution in [0.15, 0.2) is 29.8 Å². The molecule has 2 heterocycles. The monoisotopic (exact) mass is 339 g/mol. The van der Waals surface area contributed by atoms with Gasteiger partial charge in [-0.05, 0) is 26.0 Å². The van der Waals surface area contributed by atoms with Crippen molar-refractivity contribution in [1.82, 2.24) is 14.5 Å². The van der Waals surface area contributed by atoms with Crippen LogP contribution in [0.25, 0.3) is 11.0 Å². The fourth-order valence-electron chi connectivity index (χ4n) is 2.61. The summed E-state index contributed by atoms with van der Waals surface area (Å²) in [4.78, 5) is 9.18. The smallest absolute Gasteiger partial charge is 0.118 e. The number of nitrogens with zero attached hydrogens (tertiary/aromatic N) is 3. The summed E-state index contributed by atoms with van der Waals surface area (Å²) in [5.74, 6) is 1.46. The van der Waals surface area contributed by atoms with E-state index in [4.69, 9.17) is 28.2 Å². The minimum absolute atomic E-state index is 0.297. The lowest BCUT2D eigenvalue weighted by atomic mass is 10.1. The van der Waals surface area contributed by atoms with Crippen molar-refractivity contribution in [2.24, 2.45) is 0 Å². The molecule has 0 spiro atoms. The number of halogens is 2. The summed E-state index contributed by atoms with van der Waals surface area (Å²) >= 11 is 13.9. The van der Waals surface area contributed by atoms with Gasteiger partial charge in [-0.1, -0.05) is 17.7 Å². The van der Waals surface area contributed by atoms with E-state index in [1.165, 1.54) is 0 Å². The Morgan fingerprint density at radius 3 is 2.81 bits per heavy atom. The molecule has 3 aromatic rings. The molecule has 0 amide bonds. The van der Waals surface area contributed by atoms with Crippen LogP contribution in [0.5, 0.6) is 0 Å². The van der Waals surface area contributed by atoms with Crippen LogP contribution in [0.1, 0.15) is 24.7 Å². The van der Waals surface area contributed by atoms with Gasteiger partial charge in [0.1, 0.15) is 16.3 Å². The van der Waals surface area contributed by atoms with Gasteiger partial charge in [-0.25, -0.2) is 9.97 Å². The van der Waals surface area contributed by atoms with Crippen molar-refractivity contribution < 1.29 is 0 Å². The summed E-state index contributed by atoms with van der Waals surface area (Å²) < 4.78 is 2.20. The lowest BCUT2D eigenvalue weighted by molar-refractivity contribution is 0.431. The molecule has 0 aliphatic carbocycles. The molecule has 0 saturated heterocycles. The summed E-state index contributed by atoms with van der Waals surface area (Å²) in [6.07, 6.45) is 2.52. The van der Waals surface area contributed by atoms with Crippen molar-refractivity contribution >= 4 is 45.6 Å². The molecule has 0 aliphatic rings. The topological polar surface area (TPSA) is 30.7 Å². The largest absolute Gasteiger partial charge is 0.316 e. The Balaban J connectivity index is 2.29. The lowest BCUT2D eigenvalue weighted by Gasteiger charge is -2.27. The average Bonchev–Trinajstić information content (AvgIpc) is 3.06. The molecule has 0 N–H and O–H groups in total. The van der Waals surface area contributed by atoms with E-state index < -0.39 is 0 Å². The molecule has 0 radical (unpaired) electrons. The number of rotatable bonds is 4. The van der Waals surface area contributed by atoms with Gasteiger partial charge in [-0.2, -0.15) is 0 Å². The van der Waals surface area contributed by atoms with Crippen LogP contribution >= 0.6 is 34.5 Å². The van der Waals surface area contributed by atoms with Gasteiger partial charge in [0.25, 0.3) is 0 Å². The second-order valence-corrected chi connectivity index (χ2v) is 6.99. The third kappa shape index (κ3) is 2.45. The maximum Gasteiger partial charge on any atom is 0.118 e. The molecule has 1 aromatic carbocycles. The standard InChI is InChI=1S/C15H15Cl2N3S/c1-15(2,14-18-8-9-21-14)20-11-5-3-4-10(17)13(11)19-12(20)6-7-16/h3-5,8-9H,6-7H2,1-2H3. The van der Waals surface area contributed by atoms with Crippen LogP contribution in [0.3, 0.4) is 0 Å². The van der Waals surface area contributed by atoms with Crippen molar-refractivity contribution in [2.45, 2.75) is 25.8 Å². The van der Waals surface area contributed by atoms with E-state index in [-0.39, 0.29) is 5.54 Å². The third-order valence-corrected chi connectivity index (χ3v) is 5.12. The molecule has 3 nitrogen and oxygen atoms in total. The number of aryl methyl sites for hydroxylation is 1. The fourth-order valence-corrected chi connectivity index (χ4v) is 3.74. The highest BCUT2D eigenvalue weighted by Gasteiger charge is 2.30. The minimum Gasteiger partial charge on any atom is -0.316 e. The molecule has 0 bridgehead atoms. The lowest BCUT2D eigenvalue weighted by Crippen LogP contribution is -2.29. The quantitative estimate of drug-likeness (QED) is 0.644. The Bertz CT molecular complexity index is 763. The van der Waals surface area contributed by atoms with E-state index in [9.17, 15) is 0 Å². The van der Waals surface area contributed by atoms with E-state index in [0.29, 0.717) is 17.3 Å². The average molecular weight is 340 g/mol. The normalized spacial score (nSPS) is 12.2. The van der Waals surface area contributed by atoms with Gasteiger partial charge in [0.2, 0.25) is 0 Å². The maximum atomic E-state index is 6.30. The molecular weight excluding hydrogens is 325 g/mol.